The molecule has 3 rings (SSSR count). The second-order valence-corrected chi connectivity index (χ2v) is 8.12. The maximum Gasteiger partial charge on any atom is 0.418 e. The average Bonchev–Trinajstić information content (AvgIpc) is 3.06. The number of hydrogen-bond donors (Lipinski definition) is 1. The number of hydrogen-bond acceptors (Lipinski definition) is 7. The Morgan fingerprint density at radius 2 is 2.07 bits per heavy atom. The van der Waals surface area contributed by atoms with Crippen LogP contribution in [0.1, 0.15) is 5.56 Å². The molecule has 0 unspecified atom stereocenters. The summed E-state index contributed by atoms with van der Waals surface area (Å²) in [4.78, 5) is 26.6. The van der Waals surface area contributed by atoms with Gasteiger partial charge in [0.1, 0.15) is 16.1 Å². The Bertz CT molecular complexity index is 1030. The number of benzene rings is 1. The lowest BCUT2D eigenvalue weighted by molar-refractivity contribution is -0.137. The Morgan fingerprint density at radius 3 is 2.75 bits per heavy atom. The number of carbonyl (C=O) groups is 1. The van der Waals surface area contributed by atoms with Crippen molar-refractivity contribution in [3.8, 4) is 0 Å². The van der Waals surface area contributed by atoms with Crippen LogP contribution in [0.2, 0.25) is 5.02 Å². The molecule has 3 aromatic rings. The molecule has 0 saturated heterocycles. The summed E-state index contributed by atoms with van der Waals surface area (Å²) in [6.45, 7) is 0. The molecule has 6 nitrogen and oxygen atoms in total. The van der Waals surface area contributed by atoms with E-state index >= 15 is 0 Å². The summed E-state index contributed by atoms with van der Waals surface area (Å²) in [5, 5.41) is 3.49. The highest BCUT2D eigenvalue weighted by atomic mass is 35.5. The summed E-state index contributed by atoms with van der Waals surface area (Å²) in [6, 6.07) is 3.19. The normalized spacial score (nSPS) is 11.6. The van der Waals surface area contributed by atoms with Crippen molar-refractivity contribution in [1.29, 1.82) is 0 Å². The summed E-state index contributed by atoms with van der Waals surface area (Å²) in [5.74, 6) is -0.719. The van der Waals surface area contributed by atoms with Gasteiger partial charge in [-0.05, 0) is 18.2 Å². The van der Waals surface area contributed by atoms with Crippen molar-refractivity contribution >= 4 is 61.8 Å². The molecule has 0 atom stereocenters. The third-order valence-corrected chi connectivity index (χ3v) is 6.00. The first-order valence-corrected chi connectivity index (χ1v) is 9.91. The van der Waals surface area contributed by atoms with E-state index in [1.807, 2.05) is 19.0 Å². The Kier molecular flexibility index (Phi) is 5.96. The lowest BCUT2D eigenvalue weighted by atomic mass is 10.1. The number of carbonyl (C=O) groups excluding carboxylic acids is 1. The van der Waals surface area contributed by atoms with Gasteiger partial charge in [0.2, 0.25) is 5.91 Å². The number of anilines is 2. The minimum absolute atomic E-state index is 0.0648. The topological polar surface area (TPSA) is 71.0 Å². The Labute approximate surface area is 171 Å². The molecule has 0 bridgehead atoms. The maximum atomic E-state index is 13.1. The van der Waals surface area contributed by atoms with E-state index in [1.54, 1.807) is 0 Å². The van der Waals surface area contributed by atoms with Crippen LogP contribution in [-0.4, -0.2) is 40.7 Å². The van der Waals surface area contributed by atoms with Crippen molar-refractivity contribution in [2.75, 3.05) is 30.1 Å². The Hall–Kier alpha value is -2.11. The van der Waals surface area contributed by atoms with Crippen LogP contribution in [0.5, 0.6) is 0 Å². The molecule has 0 fully saturated rings. The minimum atomic E-state index is -4.63. The first-order valence-electron chi connectivity index (χ1n) is 7.73. The van der Waals surface area contributed by atoms with Crippen LogP contribution >= 0.6 is 34.7 Å². The molecule has 1 N–H and O–H groups in total. The predicted molar refractivity (Wildman–Crippen MR) is 105 cm³/mol. The highest BCUT2D eigenvalue weighted by Crippen LogP contribution is 2.37. The van der Waals surface area contributed by atoms with E-state index < -0.39 is 17.6 Å². The smallest absolute Gasteiger partial charge is 0.354 e. The van der Waals surface area contributed by atoms with Crippen LogP contribution < -0.4 is 10.2 Å². The molecule has 148 valence electrons. The average molecular weight is 448 g/mol. The van der Waals surface area contributed by atoms with Gasteiger partial charge in [0.15, 0.2) is 10.8 Å². The number of aromatic nitrogens is 3. The van der Waals surface area contributed by atoms with Gasteiger partial charge in [-0.1, -0.05) is 34.7 Å². The Balaban J connectivity index is 1.75. The number of nitrogens with zero attached hydrogens (tertiary/aromatic N) is 4. The lowest BCUT2D eigenvalue weighted by Gasteiger charge is -2.14. The highest BCUT2D eigenvalue weighted by molar-refractivity contribution is 8.00. The molecule has 0 radical (unpaired) electrons. The fraction of sp³-hybridized carbons (Fsp3) is 0.250. The number of rotatable bonds is 5. The van der Waals surface area contributed by atoms with Crippen molar-refractivity contribution in [2.24, 2.45) is 0 Å². The number of thiazole rings is 1. The van der Waals surface area contributed by atoms with Gasteiger partial charge in [0.05, 0.1) is 17.0 Å². The molecule has 1 aromatic carbocycles. The number of alkyl halides is 3. The van der Waals surface area contributed by atoms with Gasteiger partial charge in [-0.15, -0.1) is 0 Å². The second-order valence-electron chi connectivity index (χ2n) is 5.75. The SMILES string of the molecule is CN(C)c1nc2ncnc(SCC(=O)Nc3ccc(Cl)cc3C(F)(F)F)c2s1. The van der Waals surface area contributed by atoms with Gasteiger partial charge in [0.25, 0.3) is 0 Å². The molecular weight excluding hydrogens is 435 g/mol. The fourth-order valence-corrected chi connectivity index (χ4v) is 4.18. The number of fused-ring (bicyclic) bond motifs is 1. The first-order chi connectivity index (χ1) is 13.1. The van der Waals surface area contributed by atoms with Crippen molar-refractivity contribution < 1.29 is 18.0 Å². The zero-order chi connectivity index (χ0) is 20.5. The molecule has 12 heteroatoms. The summed E-state index contributed by atoms with van der Waals surface area (Å²) >= 11 is 8.11. The number of halogens is 4. The van der Waals surface area contributed by atoms with Crippen molar-refractivity contribution in [3.05, 3.63) is 35.1 Å². The molecule has 0 aliphatic carbocycles. The van der Waals surface area contributed by atoms with Gasteiger partial charge >= 0.3 is 6.18 Å². The second kappa shape index (κ2) is 8.10. The van der Waals surface area contributed by atoms with E-state index in [2.05, 4.69) is 20.3 Å². The van der Waals surface area contributed by atoms with E-state index in [9.17, 15) is 18.0 Å². The zero-order valence-corrected chi connectivity index (χ0v) is 16.9. The van der Waals surface area contributed by atoms with Crippen LogP contribution in [0.15, 0.2) is 29.6 Å². The van der Waals surface area contributed by atoms with Gasteiger partial charge in [-0.3, -0.25) is 4.79 Å². The maximum absolute atomic E-state index is 13.1. The van der Waals surface area contributed by atoms with Crippen molar-refractivity contribution in [2.45, 2.75) is 11.2 Å². The van der Waals surface area contributed by atoms with Crippen LogP contribution in [0.25, 0.3) is 10.3 Å². The van der Waals surface area contributed by atoms with E-state index in [0.29, 0.717) is 15.4 Å². The Morgan fingerprint density at radius 1 is 1.32 bits per heavy atom. The molecule has 28 heavy (non-hydrogen) atoms. The molecule has 0 saturated carbocycles. The molecule has 0 aliphatic rings. The summed E-state index contributed by atoms with van der Waals surface area (Å²) < 4.78 is 40.1. The molecule has 0 aliphatic heterocycles. The number of amides is 1. The van der Waals surface area contributed by atoms with E-state index in [4.69, 9.17) is 11.6 Å². The van der Waals surface area contributed by atoms with Crippen LogP contribution in [0.4, 0.5) is 24.0 Å². The number of thioether (sulfide) groups is 1. The fourth-order valence-electron chi connectivity index (χ4n) is 2.20. The summed E-state index contributed by atoms with van der Waals surface area (Å²) in [7, 11) is 3.69. The first kappa shape index (κ1) is 20.6. The van der Waals surface area contributed by atoms with Gasteiger partial charge in [-0.2, -0.15) is 18.2 Å². The number of nitrogens with one attached hydrogen (secondary N) is 1. The van der Waals surface area contributed by atoms with E-state index in [-0.39, 0.29) is 16.5 Å². The predicted octanol–water partition coefficient (Wildman–Crippen LogP) is 4.56. The quantitative estimate of drug-likeness (QED) is 0.457. The van der Waals surface area contributed by atoms with Crippen molar-refractivity contribution in [1.82, 2.24) is 15.0 Å². The van der Waals surface area contributed by atoms with Gasteiger partial charge < -0.3 is 10.2 Å². The molecule has 0 spiro atoms. The summed E-state index contributed by atoms with van der Waals surface area (Å²) in [6.07, 6.45) is -3.30. The van der Waals surface area contributed by atoms with Crippen LogP contribution in [-0.2, 0) is 11.0 Å². The van der Waals surface area contributed by atoms with E-state index in [0.717, 1.165) is 29.0 Å². The highest BCUT2D eigenvalue weighted by Gasteiger charge is 2.34. The lowest BCUT2D eigenvalue weighted by Crippen LogP contribution is -2.18. The third kappa shape index (κ3) is 4.65. The summed E-state index contributed by atoms with van der Waals surface area (Å²) in [5.41, 5.74) is -0.840. The van der Waals surface area contributed by atoms with Crippen LogP contribution in [0, 0.1) is 0 Å². The molecule has 1 amide bonds. The zero-order valence-electron chi connectivity index (χ0n) is 14.5. The van der Waals surface area contributed by atoms with Crippen molar-refractivity contribution in [3.63, 3.8) is 0 Å². The standard InChI is InChI=1S/C16H13ClF3N5OS2/c1-25(2)15-24-13-12(28-15)14(22-7-21-13)27-6-11(26)23-10-4-3-8(17)5-9(10)16(18,19)20/h3-5,7H,6H2,1-2H3,(H,23,26). The monoisotopic (exact) mass is 447 g/mol. The molecular formula is C16H13ClF3N5OS2. The molecule has 2 heterocycles. The van der Waals surface area contributed by atoms with Gasteiger partial charge in [0, 0.05) is 19.1 Å². The third-order valence-electron chi connectivity index (χ3n) is 3.43. The van der Waals surface area contributed by atoms with Crippen LogP contribution in [0.3, 0.4) is 0 Å². The van der Waals surface area contributed by atoms with Gasteiger partial charge in [-0.25, -0.2) is 9.97 Å². The molecule has 2 aromatic heterocycles. The largest absolute Gasteiger partial charge is 0.418 e. The van der Waals surface area contributed by atoms with E-state index in [1.165, 1.54) is 23.7 Å². The minimum Gasteiger partial charge on any atom is -0.354 e.